The fourth-order valence-electron chi connectivity index (χ4n) is 4.02. The van der Waals surface area contributed by atoms with E-state index in [4.69, 9.17) is 0 Å². The minimum atomic E-state index is -4.69. The quantitative estimate of drug-likeness (QED) is 0.652. The maximum atomic E-state index is 13.6. The fraction of sp³-hybridized carbons (Fsp3) is 0.261. The van der Waals surface area contributed by atoms with Crippen LogP contribution in [0.25, 0.3) is 0 Å². The molecule has 2 N–H and O–H groups in total. The van der Waals surface area contributed by atoms with Crippen molar-refractivity contribution in [1.82, 2.24) is 20.4 Å². The van der Waals surface area contributed by atoms with Crippen LogP contribution in [0.15, 0.2) is 59.8 Å². The molecule has 4 amide bonds. The lowest BCUT2D eigenvalue weighted by molar-refractivity contribution is -0.138. The van der Waals surface area contributed by atoms with Crippen molar-refractivity contribution >= 4 is 17.8 Å². The molecule has 0 aliphatic carbocycles. The summed E-state index contributed by atoms with van der Waals surface area (Å²) in [6.45, 7) is -0.356. The Morgan fingerprint density at radius 1 is 1.12 bits per heavy atom. The molecule has 0 radical (unpaired) electrons. The van der Waals surface area contributed by atoms with Gasteiger partial charge in [-0.2, -0.15) is 13.2 Å². The molecule has 11 heteroatoms. The van der Waals surface area contributed by atoms with Crippen LogP contribution < -0.4 is 10.6 Å². The third-order valence-corrected chi connectivity index (χ3v) is 5.75. The van der Waals surface area contributed by atoms with Gasteiger partial charge < -0.3 is 15.5 Å². The lowest BCUT2D eigenvalue weighted by atomic mass is 9.92. The van der Waals surface area contributed by atoms with Gasteiger partial charge in [0.05, 0.1) is 29.4 Å². The molecule has 178 valence electrons. The van der Waals surface area contributed by atoms with E-state index < -0.39 is 41.4 Å². The molecule has 0 saturated carbocycles. The highest BCUT2D eigenvalue weighted by molar-refractivity contribution is 6.03. The Balaban J connectivity index is 1.54. The zero-order chi connectivity index (χ0) is 24.6. The molecule has 2 aromatic rings. The second kappa shape index (κ2) is 8.81. The Morgan fingerprint density at radius 3 is 2.47 bits per heavy atom. The van der Waals surface area contributed by atoms with Gasteiger partial charge in [-0.05, 0) is 29.3 Å². The number of carbonyl (C=O) groups is 3. The van der Waals surface area contributed by atoms with Crippen molar-refractivity contribution in [2.45, 2.75) is 18.8 Å². The lowest BCUT2D eigenvalue weighted by Gasteiger charge is -2.32. The molecule has 34 heavy (non-hydrogen) atoms. The molecule has 0 aromatic heterocycles. The summed E-state index contributed by atoms with van der Waals surface area (Å²) in [5.74, 6) is -1.56. The first-order valence-corrected chi connectivity index (χ1v) is 10.3. The van der Waals surface area contributed by atoms with E-state index in [0.29, 0.717) is 5.56 Å². The van der Waals surface area contributed by atoms with Gasteiger partial charge in [-0.1, -0.05) is 30.3 Å². The average Bonchev–Trinajstić information content (AvgIpc) is 3.11. The van der Waals surface area contributed by atoms with Crippen LogP contribution in [0, 0.1) is 5.82 Å². The van der Waals surface area contributed by atoms with E-state index in [2.05, 4.69) is 10.6 Å². The van der Waals surface area contributed by atoms with E-state index in [9.17, 15) is 31.9 Å². The minimum absolute atomic E-state index is 0.00913. The molecule has 2 aliphatic heterocycles. The van der Waals surface area contributed by atoms with Gasteiger partial charge in [0.25, 0.3) is 5.91 Å². The zero-order valence-corrected chi connectivity index (χ0v) is 17.9. The first-order valence-electron chi connectivity index (χ1n) is 10.3. The third kappa shape index (κ3) is 4.45. The van der Waals surface area contributed by atoms with E-state index in [-0.39, 0.29) is 36.5 Å². The lowest BCUT2D eigenvalue weighted by Crippen LogP contribution is -2.45. The van der Waals surface area contributed by atoms with Crippen molar-refractivity contribution in [3.63, 3.8) is 0 Å². The average molecular weight is 476 g/mol. The van der Waals surface area contributed by atoms with Gasteiger partial charge in [0.2, 0.25) is 5.91 Å². The van der Waals surface area contributed by atoms with Crippen LogP contribution in [0.4, 0.5) is 22.4 Å². The Labute approximate surface area is 192 Å². The fourth-order valence-corrected chi connectivity index (χ4v) is 4.02. The van der Waals surface area contributed by atoms with Crippen molar-refractivity contribution in [1.29, 1.82) is 0 Å². The normalized spacial score (nSPS) is 18.2. The highest BCUT2D eigenvalue weighted by Crippen LogP contribution is 2.41. The Hall–Kier alpha value is -3.89. The second-order valence-corrected chi connectivity index (χ2v) is 7.95. The highest BCUT2D eigenvalue weighted by atomic mass is 19.4. The van der Waals surface area contributed by atoms with Crippen LogP contribution in [0.5, 0.6) is 0 Å². The van der Waals surface area contributed by atoms with Crippen molar-refractivity contribution < 1.29 is 31.9 Å². The predicted octanol–water partition coefficient (Wildman–Crippen LogP) is 2.95. The number of nitrogens with one attached hydrogen (secondary N) is 2. The van der Waals surface area contributed by atoms with Crippen molar-refractivity contribution in [3.05, 3.63) is 82.3 Å². The molecule has 4 rings (SSSR count). The van der Waals surface area contributed by atoms with E-state index in [0.717, 1.165) is 11.0 Å². The number of benzene rings is 2. The van der Waals surface area contributed by atoms with Gasteiger partial charge in [-0.25, -0.2) is 9.18 Å². The standard InChI is InChI=1S/C23H20F4N4O3/c1-30-17-11-31(12-18(32)28-10-13-6-8-14(24)9-7-13)21(33)19(17)20(29-22(30)34)15-4-2-3-5-16(15)23(25,26)27/h2-9,20H,10-12H2,1H3,(H,28,32)(H,29,34)/t20-/m0/s1. The molecule has 0 spiro atoms. The summed E-state index contributed by atoms with van der Waals surface area (Å²) >= 11 is 0. The zero-order valence-electron chi connectivity index (χ0n) is 17.9. The molecule has 7 nitrogen and oxygen atoms in total. The van der Waals surface area contributed by atoms with E-state index in [1.165, 1.54) is 54.4 Å². The van der Waals surface area contributed by atoms with E-state index >= 15 is 0 Å². The monoisotopic (exact) mass is 476 g/mol. The van der Waals surface area contributed by atoms with Gasteiger partial charge in [-0.15, -0.1) is 0 Å². The van der Waals surface area contributed by atoms with Gasteiger partial charge in [0.15, 0.2) is 0 Å². The predicted molar refractivity (Wildman–Crippen MR) is 112 cm³/mol. The molecular weight excluding hydrogens is 456 g/mol. The molecule has 0 saturated heterocycles. The minimum Gasteiger partial charge on any atom is -0.350 e. The number of halogens is 4. The largest absolute Gasteiger partial charge is 0.416 e. The van der Waals surface area contributed by atoms with Crippen LogP contribution in [0.1, 0.15) is 22.7 Å². The first-order chi connectivity index (χ1) is 16.1. The smallest absolute Gasteiger partial charge is 0.350 e. The Bertz CT molecular complexity index is 1180. The highest BCUT2D eigenvalue weighted by Gasteiger charge is 2.46. The summed E-state index contributed by atoms with van der Waals surface area (Å²) in [6, 6.07) is 8.28. The molecular formula is C23H20F4N4O3. The summed E-state index contributed by atoms with van der Waals surface area (Å²) in [7, 11) is 1.40. The van der Waals surface area contributed by atoms with Crippen molar-refractivity contribution in [3.8, 4) is 0 Å². The van der Waals surface area contributed by atoms with Gasteiger partial charge in [0.1, 0.15) is 12.4 Å². The molecule has 0 bridgehead atoms. The molecule has 2 heterocycles. The molecule has 0 fully saturated rings. The Kier molecular flexibility index (Phi) is 6.03. The van der Waals surface area contributed by atoms with Crippen molar-refractivity contribution in [2.75, 3.05) is 20.1 Å². The van der Waals surface area contributed by atoms with Gasteiger partial charge >= 0.3 is 12.2 Å². The van der Waals surface area contributed by atoms with E-state index in [1.807, 2.05) is 0 Å². The van der Waals surface area contributed by atoms with Crippen LogP contribution in [0.3, 0.4) is 0 Å². The second-order valence-electron chi connectivity index (χ2n) is 7.95. The maximum Gasteiger partial charge on any atom is 0.416 e. The van der Waals surface area contributed by atoms with Crippen molar-refractivity contribution in [2.24, 2.45) is 0 Å². The third-order valence-electron chi connectivity index (χ3n) is 5.75. The molecule has 2 aliphatic rings. The van der Waals surface area contributed by atoms with Gasteiger partial charge in [0, 0.05) is 13.6 Å². The maximum absolute atomic E-state index is 13.6. The number of hydrogen-bond acceptors (Lipinski definition) is 3. The van der Waals surface area contributed by atoms with Crippen LogP contribution in [-0.2, 0) is 22.3 Å². The van der Waals surface area contributed by atoms with Crippen LogP contribution >= 0.6 is 0 Å². The van der Waals surface area contributed by atoms with Crippen LogP contribution in [0.2, 0.25) is 0 Å². The first kappa shape index (κ1) is 23.3. The Morgan fingerprint density at radius 2 is 1.79 bits per heavy atom. The SMILES string of the molecule is CN1C(=O)N[C@@H](c2ccccc2C(F)(F)F)C2=C1CN(CC(=O)NCc1ccc(F)cc1)C2=O. The number of hydrogen-bond donors (Lipinski definition) is 2. The summed E-state index contributed by atoms with van der Waals surface area (Å²) < 4.78 is 53.8. The summed E-state index contributed by atoms with van der Waals surface area (Å²) in [6.07, 6.45) is -4.69. The van der Waals surface area contributed by atoms with E-state index in [1.54, 1.807) is 0 Å². The summed E-state index contributed by atoms with van der Waals surface area (Å²) in [5, 5.41) is 5.09. The van der Waals surface area contributed by atoms with Crippen LogP contribution in [-0.4, -0.2) is 47.8 Å². The number of rotatable bonds is 5. The number of urea groups is 1. The van der Waals surface area contributed by atoms with Gasteiger partial charge in [-0.3, -0.25) is 14.5 Å². The number of likely N-dealkylation sites (N-methyl/N-ethyl adjacent to an activating group) is 1. The summed E-state index contributed by atoms with van der Waals surface area (Å²) in [4.78, 5) is 40.4. The number of alkyl halides is 3. The topological polar surface area (TPSA) is 81.8 Å². The number of carbonyl (C=O) groups excluding carboxylic acids is 3. The number of nitrogens with zero attached hydrogens (tertiary/aromatic N) is 2. The number of amides is 4. The summed E-state index contributed by atoms with van der Waals surface area (Å²) in [5.41, 5.74) is -0.328. The molecule has 1 atom stereocenters. The molecule has 2 aromatic carbocycles. The molecule has 0 unspecified atom stereocenters.